The Morgan fingerprint density at radius 1 is 1.77 bits per heavy atom. The van der Waals surface area contributed by atoms with Gasteiger partial charge in [0.2, 0.25) is 5.91 Å². The molecule has 2 fully saturated rings. The molecule has 0 aromatic carbocycles. The molecule has 2 heterocycles. The zero-order valence-corrected chi connectivity index (χ0v) is 7.90. The molecule has 0 saturated carbocycles. The molecular weight excluding hydrogens is 168 g/mol. The Bertz CT molecular complexity index is 220. The molecule has 13 heavy (non-hydrogen) atoms. The lowest BCUT2D eigenvalue weighted by Crippen LogP contribution is -2.48. The number of morpholine rings is 1. The maximum Gasteiger partial charge on any atom is 0.239 e. The number of hydrogen-bond acceptors (Lipinski definition) is 3. The summed E-state index contributed by atoms with van der Waals surface area (Å²) in [6.45, 7) is 3.39. The highest BCUT2D eigenvalue weighted by atomic mass is 16.5. The van der Waals surface area contributed by atoms with Gasteiger partial charge in [-0.2, -0.15) is 0 Å². The van der Waals surface area contributed by atoms with Crippen LogP contribution in [0.4, 0.5) is 0 Å². The van der Waals surface area contributed by atoms with E-state index < -0.39 is 0 Å². The van der Waals surface area contributed by atoms with Crippen LogP contribution in [0.25, 0.3) is 0 Å². The molecule has 2 rings (SSSR count). The molecular formula is C9H16N2O2. The van der Waals surface area contributed by atoms with Gasteiger partial charge >= 0.3 is 0 Å². The number of nitrogens with two attached hydrogens (primary N) is 1. The highest BCUT2D eigenvalue weighted by molar-refractivity contribution is 5.82. The van der Waals surface area contributed by atoms with Crippen molar-refractivity contribution in [1.29, 1.82) is 0 Å². The largest absolute Gasteiger partial charge is 0.374 e. The van der Waals surface area contributed by atoms with Crippen LogP contribution >= 0.6 is 0 Å². The van der Waals surface area contributed by atoms with Gasteiger partial charge in [0.25, 0.3) is 0 Å². The number of nitrogens with zero attached hydrogens (tertiary/aromatic N) is 1. The van der Waals surface area contributed by atoms with E-state index in [0.717, 1.165) is 13.0 Å². The molecule has 1 amide bonds. The lowest BCUT2D eigenvalue weighted by Gasteiger charge is -2.28. The van der Waals surface area contributed by atoms with Gasteiger partial charge in [-0.25, -0.2) is 0 Å². The minimum absolute atomic E-state index is 0.0956. The summed E-state index contributed by atoms with van der Waals surface area (Å²) < 4.78 is 5.41. The summed E-state index contributed by atoms with van der Waals surface area (Å²) in [4.78, 5) is 13.6. The quantitative estimate of drug-likeness (QED) is 0.642. The number of fused-ring (bicyclic) bond motifs is 2. The second kappa shape index (κ2) is 3.27. The maximum atomic E-state index is 11.7. The monoisotopic (exact) mass is 184 g/mol. The van der Waals surface area contributed by atoms with Crippen LogP contribution in [0.15, 0.2) is 0 Å². The molecule has 0 aliphatic carbocycles. The van der Waals surface area contributed by atoms with Gasteiger partial charge in [-0.15, -0.1) is 0 Å². The van der Waals surface area contributed by atoms with Crippen molar-refractivity contribution in [2.75, 3.05) is 13.2 Å². The maximum absolute atomic E-state index is 11.7. The van der Waals surface area contributed by atoms with Gasteiger partial charge in [0.05, 0.1) is 24.8 Å². The van der Waals surface area contributed by atoms with Crippen molar-refractivity contribution in [2.24, 2.45) is 5.73 Å². The molecule has 74 valence electrons. The van der Waals surface area contributed by atoms with Crippen LogP contribution in [-0.4, -0.2) is 42.1 Å². The first-order valence-corrected chi connectivity index (χ1v) is 4.90. The topological polar surface area (TPSA) is 55.6 Å². The van der Waals surface area contributed by atoms with Crippen molar-refractivity contribution < 1.29 is 9.53 Å². The number of amides is 1. The van der Waals surface area contributed by atoms with Crippen LogP contribution in [0.2, 0.25) is 0 Å². The van der Waals surface area contributed by atoms with E-state index in [0.29, 0.717) is 19.1 Å². The second-order valence-electron chi connectivity index (χ2n) is 3.85. The summed E-state index contributed by atoms with van der Waals surface area (Å²) in [5, 5.41) is 0. The number of ether oxygens (including phenoxy) is 1. The molecule has 2 bridgehead atoms. The first-order chi connectivity index (χ1) is 6.22. The van der Waals surface area contributed by atoms with Gasteiger partial charge in [-0.1, -0.05) is 6.92 Å². The first-order valence-electron chi connectivity index (χ1n) is 4.90. The van der Waals surface area contributed by atoms with E-state index in [2.05, 4.69) is 0 Å². The third-order valence-corrected chi connectivity index (χ3v) is 2.94. The Morgan fingerprint density at radius 2 is 2.54 bits per heavy atom. The lowest BCUT2D eigenvalue weighted by atomic mass is 10.2. The molecule has 2 saturated heterocycles. The fourth-order valence-electron chi connectivity index (χ4n) is 2.06. The number of likely N-dealkylation sites (tertiary alicyclic amines) is 1. The Hall–Kier alpha value is -0.610. The number of hydrogen-bond donors (Lipinski definition) is 1. The van der Waals surface area contributed by atoms with E-state index in [9.17, 15) is 4.79 Å². The van der Waals surface area contributed by atoms with Crippen LogP contribution < -0.4 is 5.73 Å². The van der Waals surface area contributed by atoms with Gasteiger partial charge in [0.15, 0.2) is 0 Å². The smallest absolute Gasteiger partial charge is 0.239 e. The predicted molar refractivity (Wildman–Crippen MR) is 48.1 cm³/mol. The molecule has 2 aliphatic rings. The van der Waals surface area contributed by atoms with Crippen LogP contribution in [0.1, 0.15) is 19.8 Å². The number of rotatable bonds is 2. The molecule has 0 aromatic rings. The van der Waals surface area contributed by atoms with E-state index >= 15 is 0 Å². The average Bonchev–Trinajstić information content (AvgIpc) is 2.76. The van der Waals surface area contributed by atoms with Crippen LogP contribution in [0, 0.1) is 0 Å². The normalized spacial score (nSPS) is 33.8. The fourth-order valence-corrected chi connectivity index (χ4v) is 2.06. The SMILES string of the molecule is CCC(N)C(=O)N1C[C@@H]2C[C@H]1CO2. The van der Waals surface area contributed by atoms with Gasteiger partial charge in [0.1, 0.15) is 0 Å². The number of carbonyl (C=O) groups is 1. The lowest BCUT2D eigenvalue weighted by molar-refractivity contribution is -0.137. The van der Waals surface area contributed by atoms with Gasteiger partial charge < -0.3 is 15.4 Å². The summed E-state index contributed by atoms with van der Waals surface area (Å²) >= 11 is 0. The second-order valence-corrected chi connectivity index (χ2v) is 3.85. The van der Waals surface area contributed by atoms with Crippen LogP contribution in [0.5, 0.6) is 0 Å². The van der Waals surface area contributed by atoms with Crippen molar-refractivity contribution >= 4 is 5.91 Å². The van der Waals surface area contributed by atoms with Gasteiger partial charge in [-0.05, 0) is 12.8 Å². The summed E-state index contributed by atoms with van der Waals surface area (Å²) in [5.74, 6) is 0.0956. The first kappa shape index (κ1) is 8.97. The highest BCUT2D eigenvalue weighted by Crippen LogP contribution is 2.28. The molecule has 2 N–H and O–H groups in total. The van der Waals surface area contributed by atoms with Crippen molar-refractivity contribution in [2.45, 2.75) is 38.0 Å². The molecule has 4 heteroatoms. The van der Waals surface area contributed by atoms with Crippen molar-refractivity contribution in [1.82, 2.24) is 4.90 Å². The molecule has 0 radical (unpaired) electrons. The van der Waals surface area contributed by atoms with E-state index in [1.807, 2.05) is 11.8 Å². The Labute approximate surface area is 78.0 Å². The molecule has 0 spiro atoms. The standard InChI is InChI=1S/C9H16N2O2/c1-2-8(10)9(12)11-4-7-3-6(11)5-13-7/h6-8H,2-5,10H2,1H3/t6-,7-,8?/m0/s1. The van der Waals surface area contributed by atoms with E-state index in [1.54, 1.807) is 0 Å². The van der Waals surface area contributed by atoms with E-state index in [4.69, 9.17) is 10.5 Å². The highest BCUT2D eigenvalue weighted by Gasteiger charge is 2.42. The zero-order valence-electron chi connectivity index (χ0n) is 7.90. The molecule has 0 aromatic heterocycles. The Morgan fingerprint density at radius 3 is 3.00 bits per heavy atom. The summed E-state index contributed by atoms with van der Waals surface area (Å²) in [5.41, 5.74) is 5.70. The summed E-state index contributed by atoms with van der Waals surface area (Å²) in [6, 6.07) is -0.0190. The van der Waals surface area contributed by atoms with Crippen molar-refractivity contribution in [3.8, 4) is 0 Å². The third kappa shape index (κ3) is 1.44. The van der Waals surface area contributed by atoms with Crippen molar-refractivity contribution in [3.05, 3.63) is 0 Å². The average molecular weight is 184 g/mol. The molecule has 2 aliphatic heterocycles. The molecule has 3 atom stereocenters. The Balaban J connectivity index is 1.98. The van der Waals surface area contributed by atoms with E-state index in [-0.39, 0.29) is 18.1 Å². The number of carbonyl (C=O) groups excluding carboxylic acids is 1. The van der Waals surface area contributed by atoms with Crippen molar-refractivity contribution in [3.63, 3.8) is 0 Å². The minimum Gasteiger partial charge on any atom is -0.374 e. The van der Waals surface area contributed by atoms with Crippen LogP contribution in [-0.2, 0) is 9.53 Å². The third-order valence-electron chi connectivity index (χ3n) is 2.94. The fraction of sp³-hybridized carbons (Fsp3) is 0.889. The van der Waals surface area contributed by atoms with Gasteiger partial charge in [-0.3, -0.25) is 4.79 Å². The minimum atomic E-state index is -0.320. The molecule has 4 nitrogen and oxygen atoms in total. The molecule has 1 unspecified atom stereocenters. The van der Waals surface area contributed by atoms with Crippen LogP contribution in [0.3, 0.4) is 0 Å². The summed E-state index contributed by atoms with van der Waals surface area (Å²) in [6.07, 6.45) is 1.99. The predicted octanol–water partition coefficient (Wildman–Crippen LogP) is -0.277. The van der Waals surface area contributed by atoms with Gasteiger partial charge in [0, 0.05) is 6.54 Å². The van der Waals surface area contributed by atoms with E-state index in [1.165, 1.54) is 0 Å². The summed E-state index contributed by atoms with van der Waals surface area (Å²) in [7, 11) is 0. The Kier molecular flexibility index (Phi) is 2.26. The zero-order chi connectivity index (χ0) is 9.42.